The van der Waals surface area contributed by atoms with Crippen LogP contribution in [0.5, 0.6) is 5.75 Å². The number of hydrogen-bond donors (Lipinski definition) is 1. The number of ether oxygens (including phenoxy) is 2. The number of carbonyl (C=O) groups excluding carboxylic acids is 1. The lowest BCUT2D eigenvalue weighted by Crippen LogP contribution is -2.39. The second-order valence-corrected chi connectivity index (χ2v) is 5.12. The molecule has 2 rings (SSSR count). The Morgan fingerprint density at radius 1 is 1.43 bits per heavy atom. The zero-order chi connectivity index (χ0) is 15.2. The average molecular weight is 296 g/mol. The Labute approximate surface area is 123 Å². The van der Waals surface area contributed by atoms with E-state index in [1.165, 1.54) is 12.1 Å². The van der Waals surface area contributed by atoms with Crippen LogP contribution in [0.4, 0.5) is 4.39 Å². The van der Waals surface area contributed by atoms with Crippen molar-refractivity contribution in [2.75, 3.05) is 26.7 Å². The number of carbonyl (C=O) groups is 1. The predicted molar refractivity (Wildman–Crippen MR) is 76.5 cm³/mol. The molecule has 1 amide bonds. The molecular weight excluding hydrogens is 275 g/mol. The van der Waals surface area contributed by atoms with Gasteiger partial charge in [0.05, 0.1) is 12.6 Å². The SMILES string of the molecule is CN(CCOc1ccc(F)cc1)C(=O)[C@@H]1CC[C@H](CN)O1. The summed E-state index contributed by atoms with van der Waals surface area (Å²) in [6.45, 7) is 1.24. The topological polar surface area (TPSA) is 64.8 Å². The summed E-state index contributed by atoms with van der Waals surface area (Å²) in [5.41, 5.74) is 5.53. The second-order valence-electron chi connectivity index (χ2n) is 5.12. The van der Waals surface area contributed by atoms with Crippen molar-refractivity contribution in [1.82, 2.24) is 4.90 Å². The third kappa shape index (κ3) is 4.41. The number of hydrogen-bond acceptors (Lipinski definition) is 4. The van der Waals surface area contributed by atoms with E-state index in [-0.39, 0.29) is 17.8 Å². The molecule has 0 bridgehead atoms. The standard InChI is InChI=1S/C15H21FN2O3/c1-18(15(19)14-7-6-13(10-17)21-14)8-9-20-12-4-2-11(16)3-5-12/h2-5,13-14H,6-10,17H2,1H3/t13-,14+/m1/s1. The summed E-state index contributed by atoms with van der Waals surface area (Å²) in [6, 6.07) is 5.79. The number of likely N-dealkylation sites (N-methyl/N-ethyl adjacent to an activating group) is 1. The van der Waals surface area contributed by atoms with E-state index >= 15 is 0 Å². The van der Waals surface area contributed by atoms with Gasteiger partial charge in [0.1, 0.15) is 24.3 Å². The van der Waals surface area contributed by atoms with E-state index in [2.05, 4.69) is 0 Å². The van der Waals surface area contributed by atoms with Crippen LogP contribution in [-0.4, -0.2) is 49.8 Å². The van der Waals surface area contributed by atoms with Gasteiger partial charge in [0.25, 0.3) is 5.91 Å². The van der Waals surface area contributed by atoms with E-state index in [9.17, 15) is 9.18 Å². The highest BCUT2D eigenvalue weighted by atomic mass is 19.1. The number of rotatable bonds is 6. The van der Waals surface area contributed by atoms with E-state index in [0.29, 0.717) is 31.9 Å². The maximum Gasteiger partial charge on any atom is 0.251 e. The zero-order valence-electron chi connectivity index (χ0n) is 12.1. The fourth-order valence-electron chi connectivity index (χ4n) is 2.25. The van der Waals surface area contributed by atoms with Gasteiger partial charge in [-0.3, -0.25) is 4.79 Å². The number of amides is 1. The summed E-state index contributed by atoms with van der Waals surface area (Å²) in [5.74, 6) is 0.230. The van der Waals surface area contributed by atoms with Gasteiger partial charge in [0.15, 0.2) is 0 Å². The van der Waals surface area contributed by atoms with Crippen LogP contribution in [0.15, 0.2) is 24.3 Å². The first-order valence-corrected chi connectivity index (χ1v) is 7.09. The maximum absolute atomic E-state index is 12.7. The highest BCUT2D eigenvalue weighted by Crippen LogP contribution is 2.20. The molecule has 1 heterocycles. The third-order valence-electron chi connectivity index (χ3n) is 3.53. The van der Waals surface area contributed by atoms with E-state index in [4.69, 9.17) is 15.2 Å². The predicted octanol–water partition coefficient (Wildman–Crippen LogP) is 1.17. The van der Waals surface area contributed by atoms with E-state index in [0.717, 1.165) is 6.42 Å². The molecule has 0 aliphatic carbocycles. The first-order valence-electron chi connectivity index (χ1n) is 7.09. The Morgan fingerprint density at radius 2 is 2.14 bits per heavy atom. The van der Waals surface area contributed by atoms with E-state index in [1.807, 2.05) is 0 Å². The van der Waals surface area contributed by atoms with Crippen molar-refractivity contribution >= 4 is 5.91 Å². The minimum Gasteiger partial charge on any atom is -0.492 e. The van der Waals surface area contributed by atoms with Gasteiger partial charge >= 0.3 is 0 Å². The first-order chi connectivity index (χ1) is 10.1. The van der Waals surface area contributed by atoms with Gasteiger partial charge in [0, 0.05) is 13.6 Å². The zero-order valence-corrected chi connectivity index (χ0v) is 12.1. The fourth-order valence-corrected chi connectivity index (χ4v) is 2.25. The van der Waals surface area contributed by atoms with Gasteiger partial charge in [-0.2, -0.15) is 0 Å². The van der Waals surface area contributed by atoms with Crippen molar-refractivity contribution in [2.45, 2.75) is 25.0 Å². The van der Waals surface area contributed by atoms with Crippen molar-refractivity contribution in [3.05, 3.63) is 30.1 Å². The van der Waals surface area contributed by atoms with E-state index < -0.39 is 6.10 Å². The molecule has 0 saturated carbocycles. The van der Waals surface area contributed by atoms with Gasteiger partial charge in [-0.25, -0.2) is 4.39 Å². The van der Waals surface area contributed by atoms with Crippen LogP contribution in [0.3, 0.4) is 0 Å². The Bertz CT molecular complexity index is 466. The van der Waals surface area contributed by atoms with Crippen LogP contribution in [0.25, 0.3) is 0 Å². The molecule has 0 unspecified atom stereocenters. The summed E-state index contributed by atoms with van der Waals surface area (Å²) in [4.78, 5) is 13.7. The summed E-state index contributed by atoms with van der Waals surface area (Å²) in [5, 5.41) is 0. The molecule has 21 heavy (non-hydrogen) atoms. The fraction of sp³-hybridized carbons (Fsp3) is 0.533. The van der Waals surface area contributed by atoms with Crippen molar-refractivity contribution in [1.29, 1.82) is 0 Å². The lowest BCUT2D eigenvalue weighted by atomic mass is 10.2. The Kier molecular flexibility index (Phi) is 5.52. The average Bonchev–Trinajstić information content (AvgIpc) is 2.97. The van der Waals surface area contributed by atoms with Crippen LogP contribution in [0.1, 0.15) is 12.8 Å². The van der Waals surface area contributed by atoms with Crippen LogP contribution in [0, 0.1) is 5.82 Å². The van der Waals surface area contributed by atoms with Gasteiger partial charge in [0.2, 0.25) is 0 Å². The van der Waals surface area contributed by atoms with Crippen molar-refractivity contribution in [3.63, 3.8) is 0 Å². The molecule has 1 saturated heterocycles. The van der Waals surface area contributed by atoms with Gasteiger partial charge in [-0.15, -0.1) is 0 Å². The molecule has 2 atom stereocenters. The molecule has 1 aliphatic heterocycles. The quantitative estimate of drug-likeness (QED) is 0.856. The van der Waals surface area contributed by atoms with Crippen LogP contribution < -0.4 is 10.5 Å². The lowest BCUT2D eigenvalue weighted by molar-refractivity contribution is -0.141. The smallest absolute Gasteiger partial charge is 0.251 e. The number of benzene rings is 1. The minimum atomic E-state index is -0.394. The molecule has 1 fully saturated rings. The van der Waals surface area contributed by atoms with Crippen molar-refractivity contribution in [2.24, 2.45) is 5.73 Å². The Hall–Kier alpha value is -1.66. The Balaban J connectivity index is 1.72. The molecule has 0 radical (unpaired) electrons. The molecule has 6 heteroatoms. The highest BCUT2D eigenvalue weighted by molar-refractivity contribution is 5.80. The molecular formula is C15H21FN2O3. The van der Waals surface area contributed by atoms with Gasteiger partial charge in [-0.1, -0.05) is 0 Å². The summed E-state index contributed by atoms with van der Waals surface area (Å²) in [7, 11) is 1.72. The molecule has 5 nitrogen and oxygen atoms in total. The highest BCUT2D eigenvalue weighted by Gasteiger charge is 2.31. The van der Waals surface area contributed by atoms with Crippen molar-refractivity contribution in [3.8, 4) is 5.75 Å². The molecule has 1 aromatic rings. The van der Waals surface area contributed by atoms with Crippen molar-refractivity contribution < 1.29 is 18.7 Å². The van der Waals surface area contributed by atoms with Crippen LogP contribution in [-0.2, 0) is 9.53 Å². The van der Waals surface area contributed by atoms with E-state index in [1.54, 1.807) is 24.1 Å². The largest absolute Gasteiger partial charge is 0.492 e. The molecule has 0 spiro atoms. The third-order valence-corrected chi connectivity index (χ3v) is 3.53. The number of nitrogens with two attached hydrogens (primary N) is 1. The molecule has 0 aromatic heterocycles. The summed E-state index contributed by atoms with van der Waals surface area (Å²) < 4.78 is 23.8. The first kappa shape index (κ1) is 15.7. The number of halogens is 1. The maximum atomic E-state index is 12.7. The lowest BCUT2D eigenvalue weighted by Gasteiger charge is -2.21. The second kappa shape index (κ2) is 7.38. The minimum absolute atomic E-state index is 0.0113. The Morgan fingerprint density at radius 3 is 2.76 bits per heavy atom. The summed E-state index contributed by atoms with van der Waals surface area (Å²) in [6.07, 6.45) is 1.13. The van der Waals surface area contributed by atoms with Crippen LogP contribution >= 0.6 is 0 Å². The van der Waals surface area contributed by atoms with Gasteiger partial charge in [-0.05, 0) is 37.1 Å². The summed E-state index contributed by atoms with van der Waals surface area (Å²) >= 11 is 0. The van der Waals surface area contributed by atoms with Crippen LogP contribution in [0.2, 0.25) is 0 Å². The van der Waals surface area contributed by atoms with Gasteiger partial charge < -0.3 is 20.1 Å². The molecule has 116 valence electrons. The monoisotopic (exact) mass is 296 g/mol. The number of nitrogens with zero attached hydrogens (tertiary/aromatic N) is 1. The normalized spacial score (nSPS) is 21.3. The molecule has 2 N–H and O–H groups in total. The molecule has 1 aliphatic rings. The molecule has 1 aromatic carbocycles.